The molecule has 3 fully saturated rings. The molecule has 4 aliphatic rings. The summed E-state index contributed by atoms with van der Waals surface area (Å²) in [4.78, 5) is 19.4. The number of hydrogen-bond donors (Lipinski definition) is 0. The number of ketones is 1. The van der Waals surface area contributed by atoms with E-state index in [1.54, 1.807) is 21.3 Å². The summed E-state index contributed by atoms with van der Waals surface area (Å²) in [5, 5.41) is 0. The third kappa shape index (κ3) is 3.40. The number of fused-ring (bicyclic) bond motifs is 2. The number of hydrogen-bond acceptors (Lipinski definition) is 7. The Labute approximate surface area is 212 Å². The van der Waals surface area contributed by atoms with Crippen molar-refractivity contribution in [2.45, 2.75) is 36.9 Å². The molecule has 7 heteroatoms. The van der Waals surface area contributed by atoms with Crippen molar-refractivity contribution in [1.29, 1.82) is 0 Å². The number of Topliss-reactive ketones (excluding diaryl/α,β-unsaturated/α-hetero) is 1. The van der Waals surface area contributed by atoms with Gasteiger partial charge in [0.2, 0.25) is 0 Å². The molecule has 6 rings (SSSR count). The van der Waals surface area contributed by atoms with Gasteiger partial charge in [0.05, 0.1) is 26.9 Å². The van der Waals surface area contributed by atoms with Gasteiger partial charge in [0.15, 0.2) is 5.78 Å². The molecule has 0 aromatic heterocycles. The van der Waals surface area contributed by atoms with Crippen molar-refractivity contribution >= 4 is 11.5 Å². The first-order valence-corrected chi connectivity index (χ1v) is 12.7. The minimum absolute atomic E-state index is 0.0665. The van der Waals surface area contributed by atoms with E-state index in [0.717, 1.165) is 43.0 Å². The zero-order valence-corrected chi connectivity index (χ0v) is 21.2. The number of carbonyl (C=O) groups is 1. The van der Waals surface area contributed by atoms with Crippen molar-refractivity contribution in [3.05, 3.63) is 65.2 Å². The Morgan fingerprint density at radius 2 is 1.97 bits per heavy atom. The molecule has 1 saturated carbocycles. The maximum Gasteiger partial charge on any atom is 0.163 e. The number of carbonyl (C=O) groups excluding carboxylic acids is 1. The van der Waals surface area contributed by atoms with Gasteiger partial charge in [-0.3, -0.25) is 9.69 Å². The van der Waals surface area contributed by atoms with Crippen LogP contribution in [0.5, 0.6) is 11.5 Å². The average Bonchev–Trinajstić information content (AvgIpc) is 3.44. The average molecular weight is 491 g/mol. The first-order valence-electron chi connectivity index (χ1n) is 12.7. The molecule has 4 atom stereocenters. The van der Waals surface area contributed by atoms with Crippen LogP contribution in [0.3, 0.4) is 0 Å². The third-order valence-electron chi connectivity index (χ3n) is 8.77. The Kier molecular flexibility index (Phi) is 6.02. The van der Waals surface area contributed by atoms with Crippen LogP contribution in [0.2, 0.25) is 0 Å². The van der Waals surface area contributed by atoms with E-state index in [0.29, 0.717) is 25.0 Å². The van der Waals surface area contributed by atoms with E-state index in [-0.39, 0.29) is 24.2 Å². The van der Waals surface area contributed by atoms with Crippen LogP contribution >= 0.6 is 0 Å². The number of ether oxygens (including phenoxy) is 4. The molecule has 7 nitrogen and oxygen atoms in total. The van der Waals surface area contributed by atoms with Gasteiger partial charge in [0.1, 0.15) is 18.3 Å². The van der Waals surface area contributed by atoms with Crippen LogP contribution in [-0.4, -0.2) is 70.6 Å². The minimum atomic E-state index is -0.195. The highest BCUT2D eigenvalue weighted by Gasteiger charge is 2.67. The highest BCUT2D eigenvalue weighted by molar-refractivity contribution is 5.98. The summed E-state index contributed by atoms with van der Waals surface area (Å²) in [6.45, 7) is 3.19. The van der Waals surface area contributed by atoms with Gasteiger partial charge in [0, 0.05) is 54.9 Å². The Balaban J connectivity index is 1.41. The lowest BCUT2D eigenvalue weighted by Gasteiger charge is -2.51. The number of benzene rings is 2. The van der Waals surface area contributed by atoms with E-state index in [1.807, 2.05) is 12.1 Å². The van der Waals surface area contributed by atoms with Crippen molar-refractivity contribution in [2.75, 3.05) is 52.7 Å². The molecule has 0 amide bonds. The number of piperidine rings is 1. The fourth-order valence-corrected chi connectivity index (χ4v) is 7.30. The van der Waals surface area contributed by atoms with Gasteiger partial charge < -0.3 is 23.8 Å². The first-order chi connectivity index (χ1) is 17.6. The normalized spacial score (nSPS) is 29.4. The number of nitrogens with zero attached hydrogens (tertiary/aromatic N) is 2. The van der Waals surface area contributed by atoms with E-state index in [2.05, 4.69) is 46.2 Å². The minimum Gasteiger partial charge on any atom is -0.497 e. The van der Waals surface area contributed by atoms with Crippen LogP contribution in [0.4, 0.5) is 5.69 Å². The maximum absolute atomic E-state index is 14.4. The summed E-state index contributed by atoms with van der Waals surface area (Å²) in [7, 11) is 4.97. The van der Waals surface area contributed by atoms with Gasteiger partial charge in [0.25, 0.3) is 0 Å². The standard InChI is InChI=1S/C29H34N2O5/c1-33-18-36-13-10-19-16-30-12-11-29-23-6-4-5-7-24(23)31(28(29)27(32)22(19)15-26(29)30)17-20-8-9-21(34-2)14-25(20)35-3/h4-10,14,22,26,28H,11-13,15-18H2,1-3H3/b19-10+/t22-,26-,28-,29+/m0/s1. The molecule has 3 heterocycles. The lowest BCUT2D eigenvalue weighted by molar-refractivity contribution is -0.129. The molecule has 2 bridgehead atoms. The van der Waals surface area contributed by atoms with Crippen molar-refractivity contribution < 1.29 is 23.7 Å². The molecule has 1 spiro atoms. The second-order valence-corrected chi connectivity index (χ2v) is 10.2. The quantitative estimate of drug-likeness (QED) is 0.319. The molecule has 0 N–H and O–H groups in total. The van der Waals surface area contributed by atoms with E-state index in [4.69, 9.17) is 18.9 Å². The van der Waals surface area contributed by atoms with Gasteiger partial charge in [-0.05, 0) is 48.7 Å². The van der Waals surface area contributed by atoms with Gasteiger partial charge >= 0.3 is 0 Å². The van der Waals surface area contributed by atoms with E-state index < -0.39 is 0 Å². The van der Waals surface area contributed by atoms with Gasteiger partial charge in [-0.15, -0.1) is 0 Å². The predicted molar refractivity (Wildman–Crippen MR) is 137 cm³/mol. The van der Waals surface area contributed by atoms with Crippen LogP contribution in [0.1, 0.15) is 24.0 Å². The van der Waals surface area contributed by atoms with Crippen LogP contribution in [0.15, 0.2) is 54.1 Å². The SMILES string of the molecule is COCOC/C=C1\CN2CC[C@]34c5ccccc5N(Cc5ccc(OC)cc5OC)[C@H]3C(=O)[C@H]1C[C@H]24. The van der Waals surface area contributed by atoms with Gasteiger partial charge in [-0.25, -0.2) is 0 Å². The van der Waals surface area contributed by atoms with E-state index in [1.165, 1.54) is 16.8 Å². The van der Waals surface area contributed by atoms with Crippen LogP contribution in [0.25, 0.3) is 0 Å². The lowest BCUT2D eigenvalue weighted by atomic mass is 9.59. The van der Waals surface area contributed by atoms with Gasteiger partial charge in [-0.2, -0.15) is 0 Å². The van der Waals surface area contributed by atoms with Gasteiger partial charge in [-0.1, -0.05) is 24.3 Å². The molecule has 0 radical (unpaired) electrons. The second-order valence-electron chi connectivity index (χ2n) is 10.2. The first kappa shape index (κ1) is 23.5. The summed E-state index contributed by atoms with van der Waals surface area (Å²) in [6.07, 6.45) is 4.00. The van der Waals surface area contributed by atoms with Crippen molar-refractivity contribution in [3.8, 4) is 11.5 Å². The Morgan fingerprint density at radius 3 is 2.78 bits per heavy atom. The molecule has 2 aromatic rings. The lowest BCUT2D eigenvalue weighted by Crippen LogP contribution is -2.64. The Morgan fingerprint density at radius 1 is 1.11 bits per heavy atom. The summed E-state index contributed by atoms with van der Waals surface area (Å²) in [5.74, 6) is 1.81. The second kappa shape index (κ2) is 9.21. The molecule has 36 heavy (non-hydrogen) atoms. The van der Waals surface area contributed by atoms with E-state index in [9.17, 15) is 4.79 Å². The summed E-state index contributed by atoms with van der Waals surface area (Å²) in [5.41, 5.74) is 4.59. The van der Waals surface area contributed by atoms with Crippen molar-refractivity contribution in [2.24, 2.45) is 5.92 Å². The fraction of sp³-hybridized carbons (Fsp3) is 0.483. The molecule has 2 aromatic carbocycles. The van der Waals surface area contributed by atoms with Crippen LogP contribution < -0.4 is 14.4 Å². The largest absolute Gasteiger partial charge is 0.497 e. The fourth-order valence-electron chi connectivity index (χ4n) is 7.30. The Hall–Kier alpha value is -2.87. The smallest absolute Gasteiger partial charge is 0.163 e. The third-order valence-corrected chi connectivity index (χ3v) is 8.77. The molecule has 190 valence electrons. The number of anilines is 1. The monoisotopic (exact) mass is 490 g/mol. The van der Waals surface area contributed by atoms with Crippen molar-refractivity contribution in [1.82, 2.24) is 4.90 Å². The number of rotatable bonds is 8. The zero-order chi connectivity index (χ0) is 24.9. The topological polar surface area (TPSA) is 60.5 Å². The molecule has 3 aliphatic heterocycles. The molecule has 0 unspecified atom stereocenters. The summed E-state index contributed by atoms with van der Waals surface area (Å²) in [6, 6.07) is 14.8. The van der Waals surface area contributed by atoms with E-state index >= 15 is 0 Å². The maximum atomic E-state index is 14.4. The summed E-state index contributed by atoms with van der Waals surface area (Å²) < 4.78 is 21.7. The molecule has 1 aliphatic carbocycles. The highest BCUT2D eigenvalue weighted by atomic mass is 16.7. The van der Waals surface area contributed by atoms with Crippen LogP contribution in [0, 0.1) is 5.92 Å². The molecule has 2 saturated heterocycles. The van der Waals surface area contributed by atoms with Crippen molar-refractivity contribution in [3.63, 3.8) is 0 Å². The molecular formula is C29H34N2O5. The summed E-state index contributed by atoms with van der Waals surface area (Å²) >= 11 is 0. The predicted octanol–water partition coefficient (Wildman–Crippen LogP) is 3.55. The highest BCUT2D eigenvalue weighted by Crippen LogP contribution is 2.60. The zero-order valence-electron chi connectivity index (χ0n) is 21.2. The van der Waals surface area contributed by atoms with Crippen LogP contribution in [-0.2, 0) is 26.2 Å². The number of para-hydroxylation sites is 1. The Bertz CT molecular complexity index is 1200. The molecular weight excluding hydrogens is 456 g/mol. The number of methoxy groups -OCH3 is 3.